The van der Waals surface area contributed by atoms with E-state index in [0.29, 0.717) is 48.2 Å². The van der Waals surface area contributed by atoms with Crippen LogP contribution in [0, 0.1) is 6.92 Å². The third-order valence-corrected chi connectivity index (χ3v) is 8.52. The van der Waals surface area contributed by atoms with Crippen LogP contribution in [0.2, 0.25) is 5.02 Å². The van der Waals surface area contributed by atoms with E-state index in [2.05, 4.69) is 16.5 Å². The van der Waals surface area contributed by atoms with E-state index in [1.807, 2.05) is 78.6 Å². The van der Waals surface area contributed by atoms with Gasteiger partial charge in [0.25, 0.3) is 11.8 Å². The van der Waals surface area contributed by atoms with Crippen molar-refractivity contribution in [1.82, 2.24) is 14.4 Å². The molecule has 0 saturated carbocycles. The second-order valence-electron chi connectivity index (χ2n) is 10.8. The zero-order valence-electron chi connectivity index (χ0n) is 23.6. The number of amides is 2. The molecule has 2 amide bonds. The quantitative estimate of drug-likeness (QED) is 0.316. The molecule has 210 valence electrons. The highest BCUT2D eigenvalue weighted by Gasteiger charge is 2.31. The number of para-hydroxylation sites is 1. The van der Waals surface area contributed by atoms with Gasteiger partial charge in [0.2, 0.25) is 0 Å². The molecule has 2 aliphatic rings. The zero-order chi connectivity index (χ0) is 28.7. The Balaban J connectivity index is 1.38. The van der Waals surface area contributed by atoms with Crippen molar-refractivity contribution in [2.24, 2.45) is 0 Å². The van der Waals surface area contributed by atoms with Crippen LogP contribution in [0.25, 0.3) is 11.1 Å². The first kappa shape index (κ1) is 27.1. The van der Waals surface area contributed by atoms with Crippen LogP contribution in [0.4, 0.5) is 5.69 Å². The lowest BCUT2D eigenvalue weighted by Crippen LogP contribution is -2.47. The molecule has 2 aliphatic heterocycles. The monoisotopic (exact) mass is 568 g/mol. The van der Waals surface area contributed by atoms with Gasteiger partial charge in [-0.25, -0.2) is 0 Å². The molecule has 0 aliphatic carbocycles. The molecular formula is C33H33ClN4O3. The van der Waals surface area contributed by atoms with Gasteiger partial charge in [-0.05, 0) is 61.0 Å². The lowest BCUT2D eigenvalue weighted by molar-refractivity contribution is 0.0653. The predicted octanol–water partition coefficient (Wildman–Crippen LogP) is 5.72. The van der Waals surface area contributed by atoms with Crippen molar-refractivity contribution in [3.05, 3.63) is 106 Å². The molecule has 0 atom stereocenters. The molecule has 0 spiro atoms. The minimum absolute atomic E-state index is 0.0295. The Labute approximate surface area is 245 Å². The number of benzene rings is 3. The summed E-state index contributed by atoms with van der Waals surface area (Å²) in [5, 5.41) is 0.481. The number of hydrogen-bond acceptors (Lipinski definition) is 4. The lowest BCUT2D eigenvalue weighted by atomic mass is 9.98. The van der Waals surface area contributed by atoms with Crippen LogP contribution in [0.3, 0.4) is 0 Å². The van der Waals surface area contributed by atoms with Crippen LogP contribution in [0.5, 0.6) is 5.75 Å². The number of ether oxygens (including phenoxy) is 1. The number of anilines is 1. The summed E-state index contributed by atoms with van der Waals surface area (Å²) in [5.41, 5.74) is 6.59. The summed E-state index contributed by atoms with van der Waals surface area (Å²) < 4.78 is 7.80. The Kier molecular flexibility index (Phi) is 7.32. The van der Waals surface area contributed by atoms with Gasteiger partial charge in [-0.3, -0.25) is 9.59 Å². The normalized spacial score (nSPS) is 15.2. The number of nitrogens with zero attached hydrogens (tertiary/aromatic N) is 4. The maximum atomic E-state index is 14.3. The summed E-state index contributed by atoms with van der Waals surface area (Å²) in [6.45, 7) is 5.97. The third-order valence-electron chi connectivity index (χ3n) is 8.21. The van der Waals surface area contributed by atoms with Crippen molar-refractivity contribution in [2.75, 3.05) is 45.2 Å². The van der Waals surface area contributed by atoms with E-state index in [1.165, 1.54) is 0 Å². The van der Waals surface area contributed by atoms with Crippen LogP contribution < -0.4 is 9.64 Å². The van der Waals surface area contributed by atoms with Crippen molar-refractivity contribution in [2.45, 2.75) is 20.0 Å². The number of likely N-dealkylation sites (N-methyl/N-ethyl adjacent to an activating group) is 1. The van der Waals surface area contributed by atoms with Crippen molar-refractivity contribution >= 4 is 29.1 Å². The van der Waals surface area contributed by atoms with Gasteiger partial charge < -0.3 is 24.0 Å². The molecule has 4 aromatic rings. The molecule has 1 saturated heterocycles. The van der Waals surface area contributed by atoms with Gasteiger partial charge in [-0.2, -0.15) is 0 Å². The number of aromatic nitrogens is 1. The number of piperazine rings is 1. The van der Waals surface area contributed by atoms with Gasteiger partial charge in [0.15, 0.2) is 0 Å². The predicted molar refractivity (Wildman–Crippen MR) is 162 cm³/mol. The van der Waals surface area contributed by atoms with Gasteiger partial charge in [0.05, 0.1) is 25.8 Å². The van der Waals surface area contributed by atoms with Gasteiger partial charge in [-0.15, -0.1) is 0 Å². The number of fused-ring (bicyclic) bond motifs is 2. The molecule has 6 rings (SSSR count). The first-order valence-corrected chi connectivity index (χ1v) is 14.2. The molecule has 0 N–H and O–H groups in total. The lowest BCUT2D eigenvalue weighted by Gasteiger charge is -2.32. The largest absolute Gasteiger partial charge is 0.496 e. The number of rotatable bonds is 4. The van der Waals surface area contributed by atoms with Gasteiger partial charge in [0, 0.05) is 48.1 Å². The maximum Gasteiger partial charge on any atom is 0.270 e. The molecule has 0 bridgehead atoms. The fourth-order valence-corrected chi connectivity index (χ4v) is 6.08. The molecule has 0 unspecified atom stereocenters. The first-order chi connectivity index (χ1) is 19.9. The number of carbonyl (C=O) groups is 2. The molecule has 1 fully saturated rings. The SMILES string of the molecule is COc1cc(-c2ccccc2C)c(Cl)cc1C(=O)N1Cc2ccc(C(=O)N3CCN(C)CC3)n2Cc2ccccc21. The fourth-order valence-electron chi connectivity index (χ4n) is 5.82. The smallest absolute Gasteiger partial charge is 0.270 e. The highest BCUT2D eigenvalue weighted by atomic mass is 35.5. The highest BCUT2D eigenvalue weighted by Crippen LogP contribution is 2.38. The van der Waals surface area contributed by atoms with Crippen molar-refractivity contribution < 1.29 is 14.3 Å². The van der Waals surface area contributed by atoms with Gasteiger partial charge >= 0.3 is 0 Å². The zero-order valence-corrected chi connectivity index (χ0v) is 24.3. The number of halogens is 1. The van der Waals surface area contributed by atoms with E-state index in [-0.39, 0.29) is 11.8 Å². The number of carbonyl (C=O) groups excluding carboxylic acids is 2. The Morgan fingerprint density at radius 3 is 2.32 bits per heavy atom. The van der Waals surface area contributed by atoms with Crippen molar-refractivity contribution in [1.29, 1.82) is 0 Å². The van der Waals surface area contributed by atoms with E-state index in [0.717, 1.165) is 46.7 Å². The molecular weight excluding hydrogens is 536 g/mol. The van der Waals surface area contributed by atoms with E-state index in [9.17, 15) is 9.59 Å². The fraction of sp³-hybridized carbons (Fsp3) is 0.273. The van der Waals surface area contributed by atoms with Crippen LogP contribution in [-0.2, 0) is 13.1 Å². The van der Waals surface area contributed by atoms with E-state index in [1.54, 1.807) is 18.1 Å². The molecule has 7 nitrogen and oxygen atoms in total. The van der Waals surface area contributed by atoms with Gasteiger partial charge in [0.1, 0.15) is 11.4 Å². The summed E-state index contributed by atoms with van der Waals surface area (Å²) >= 11 is 6.81. The van der Waals surface area contributed by atoms with Crippen molar-refractivity contribution in [3.63, 3.8) is 0 Å². The van der Waals surface area contributed by atoms with Crippen LogP contribution in [0.15, 0.2) is 72.8 Å². The minimum atomic E-state index is -0.214. The molecule has 41 heavy (non-hydrogen) atoms. The summed E-state index contributed by atoms with van der Waals surface area (Å²) in [5.74, 6) is 0.275. The molecule has 8 heteroatoms. The third kappa shape index (κ3) is 5.00. The summed E-state index contributed by atoms with van der Waals surface area (Å²) in [6, 6.07) is 23.3. The number of aryl methyl sites for hydroxylation is 1. The molecule has 1 aromatic heterocycles. The Morgan fingerprint density at radius 1 is 0.829 bits per heavy atom. The minimum Gasteiger partial charge on any atom is -0.496 e. The average molecular weight is 569 g/mol. The highest BCUT2D eigenvalue weighted by molar-refractivity contribution is 6.34. The topological polar surface area (TPSA) is 58.0 Å². The van der Waals surface area contributed by atoms with Crippen LogP contribution in [0.1, 0.15) is 37.7 Å². The van der Waals surface area contributed by atoms with Crippen molar-refractivity contribution in [3.8, 4) is 16.9 Å². The summed E-state index contributed by atoms with van der Waals surface area (Å²) in [4.78, 5) is 33.8. The van der Waals surface area contributed by atoms with E-state index < -0.39 is 0 Å². The van der Waals surface area contributed by atoms with E-state index >= 15 is 0 Å². The van der Waals surface area contributed by atoms with Crippen LogP contribution in [-0.4, -0.2) is 66.5 Å². The number of methoxy groups -OCH3 is 1. The second-order valence-corrected chi connectivity index (χ2v) is 11.2. The summed E-state index contributed by atoms with van der Waals surface area (Å²) in [7, 11) is 3.64. The van der Waals surface area contributed by atoms with Gasteiger partial charge in [-0.1, -0.05) is 54.1 Å². The average Bonchev–Trinajstić information content (AvgIpc) is 3.30. The standard InChI is InChI=1S/C33H33ClN4O3/c1-22-8-4-6-10-25(22)26-19-31(41-3)27(18-28(26)34)32(39)38-21-24-12-13-30(33(40)36-16-14-35(2)15-17-36)37(24)20-23-9-5-7-11-29(23)38/h4-13,18-19H,14-17,20-21H2,1-3H3. The summed E-state index contributed by atoms with van der Waals surface area (Å²) in [6.07, 6.45) is 0. The molecule has 3 aromatic carbocycles. The molecule has 3 heterocycles. The Morgan fingerprint density at radius 2 is 1.56 bits per heavy atom. The Hall–Kier alpha value is -4.07. The first-order valence-electron chi connectivity index (χ1n) is 13.8. The second kappa shape index (κ2) is 11.1. The molecule has 0 radical (unpaired) electrons. The van der Waals surface area contributed by atoms with E-state index in [4.69, 9.17) is 16.3 Å². The number of hydrogen-bond donors (Lipinski definition) is 0. The Bertz CT molecular complexity index is 1640. The maximum absolute atomic E-state index is 14.3. The van der Waals surface area contributed by atoms with Crippen LogP contribution >= 0.6 is 11.6 Å².